The highest BCUT2D eigenvalue weighted by Gasteiger charge is 2.09. The number of halogens is 1. The van der Waals surface area contributed by atoms with Crippen molar-refractivity contribution in [1.29, 1.82) is 0 Å². The predicted molar refractivity (Wildman–Crippen MR) is 82.6 cm³/mol. The van der Waals surface area contributed by atoms with Crippen molar-refractivity contribution < 1.29 is 5.11 Å². The molecule has 94 valence electrons. The van der Waals surface area contributed by atoms with E-state index < -0.39 is 0 Å². The largest absolute Gasteiger partial charge is 0.392 e. The number of hydrogen-bond donors (Lipinski definition) is 1. The molecule has 0 fully saturated rings. The molecule has 0 heterocycles. The minimum Gasteiger partial charge on any atom is -0.392 e. The van der Waals surface area contributed by atoms with Crippen LogP contribution in [-0.2, 0) is 0 Å². The fourth-order valence-electron chi connectivity index (χ4n) is 2.46. The van der Waals surface area contributed by atoms with Crippen molar-refractivity contribution in [3.8, 4) is 0 Å². The van der Waals surface area contributed by atoms with Crippen molar-refractivity contribution in [1.82, 2.24) is 0 Å². The zero-order valence-corrected chi connectivity index (χ0v) is 11.1. The number of fused-ring (bicyclic) bond motifs is 2. The number of benzene rings is 3. The maximum absolute atomic E-state index is 9.01. The summed E-state index contributed by atoms with van der Waals surface area (Å²) in [6.07, 6.45) is 3.71. The SMILES string of the molecule is OCC=Cc1c2ccccc2c(Cl)c2ccccc12. The Morgan fingerprint density at radius 2 is 1.32 bits per heavy atom. The second kappa shape index (κ2) is 5.04. The third kappa shape index (κ3) is 2.01. The maximum atomic E-state index is 9.01. The number of aliphatic hydroxyl groups excluding tert-OH is 1. The zero-order valence-electron chi connectivity index (χ0n) is 10.3. The molecule has 1 N–H and O–H groups in total. The highest BCUT2D eigenvalue weighted by Crippen LogP contribution is 2.36. The van der Waals surface area contributed by atoms with E-state index in [1.807, 2.05) is 42.5 Å². The molecule has 0 saturated heterocycles. The summed E-state index contributed by atoms with van der Waals surface area (Å²) in [5.74, 6) is 0. The van der Waals surface area contributed by atoms with E-state index in [0.717, 1.165) is 32.1 Å². The minimum absolute atomic E-state index is 0.0330. The van der Waals surface area contributed by atoms with Crippen LogP contribution in [0.1, 0.15) is 5.56 Å². The highest BCUT2D eigenvalue weighted by atomic mass is 35.5. The lowest BCUT2D eigenvalue weighted by atomic mass is 9.96. The Kier molecular flexibility index (Phi) is 3.24. The van der Waals surface area contributed by atoms with Crippen LogP contribution in [-0.4, -0.2) is 11.7 Å². The van der Waals surface area contributed by atoms with Crippen LogP contribution in [0.5, 0.6) is 0 Å². The summed E-state index contributed by atoms with van der Waals surface area (Å²) in [5.41, 5.74) is 1.10. The van der Waals surface area contributed by atoms with E-state index in [1.54, 1.807) is 6.08 Å². The standard InChI is InChI=1S/C17H13ClO/c18-17-15-8-3-1-6-13(15)12(10-5-11-19)14-7-2-4-9-16(14)17/h1-10,19H,11H2. The molecule has 0 aromatic heterocycles. The van der Waals surface area contributed by atoms with Crippen molar-refractivity contribution in [3.63, 3.8) is 0 Å². The van der Waals surface area contributed by atoms with Crippen LogP contribution in [0.25, 0.3) is 27.6 Å². The number of rotatable bonds is 2. The first-order chi connectivity index (χ1) is 9.33. The Hall–Kier alpha value is -1.83. The van der Waals surface area contributed by atoms with Gasteiger partial charge in [0.15, 0.2) is 0 Å². The molecule has 0 spiro atoms. The average Bonchev–Trinajstić information content (AvgIpc) is 2.47. The van der Waals surface area contributed by atoms with E-state index in [4.69, 9.17) is 16.7 Å². The van der Waals surface area contributed by atoms with Gasteiger partial charge >= 0.3 is 0 Å². The Balaban J connectivity index is 2.52. The lowest BCUT2D eigenvalue weighted by Crippen LogP contribution is -1.85. The van der Waals surface area contributed by atoms with Crippen molar-refractivity contribution in [2.75, 3.05) is 6.61 Å². The van der Waals surface area contributed by atoms with E-state index in [-0.39, 0.29) is 6.61 Å². The molecule has 1 nitrogen and oxygen atoms in total. The molecule has 3 aromatic carbocycles. The molecule has 0 aliphatic heterocycles. The van der Waals surface area contributed by atoms with Gasteiger partial charge < -0.3 is 5.11 Å². The fraction of sp³-hybridized carbons (Fsp3) is 0.0588. The van der Waals surface area contributed by atoms with Crippen molar-refractivity contribution in [2.45, 2.75) is 0 Å². The van der Waals surface area contributed by atoms with E-state index in [0.29, 0.717) is 0 Å². The topological polar surface area (TPSA) is 20.2 Å². The highest BCUT2D eigenvalue weighted by molar-refractivity contribution is 6.41. The lowest BCUT2D eigenvalue weighted by Gasteiger charge is -2.10. The average molecular weight is 269 g/mol. The van der Waals surface area contributed by atoms with Crippen molar-refractivity contribution in [2.24, 2.45) is 0 Å². The van der Waals surface area contributed by atoms with Gasteiger partial charge in [0.25, 0.3) is 0 Å². The van der Waals surface area contributed by atoms with E-state index in [1.165, 1.54) is 0 Å². The predicted octanol–water partition coefficient (Wildman–Crippen LogP) is 4.65. The first-order valence-electron chi connectivity index (χ1n) is 6.19. The Morgan fingerprint density at radius 3 is 1.79 bits per heavy atom. The molecule has 19 heavy (non-hydrogen) atoms. The minimum atomic E-state index is 0.0330. The van der Waals surface area contributed by atoms with Gasteiger partial charge in [0.2, 0.25) is 0 Å². The monoisotopic (exact) mass is 268 g/mol. The Bertz CT molecular complexity index is 718. The van der Waals surface area contributed by atoms with Gasteiger partial charge in [-0.25, -0.2) is 0 Å². The zero-order chi connectivity index (χ0) is 13.2. The fourth-order valence-corrected chi connectivity index (χ4v) is 2.79. The first kappa shape index (κ1) is 12.2. The van der Waals surface area contributed by atoms with Gasteiger partial charge in [0.1, 0.15) is 0 Å². The molecule has 3 rings (SSSR count). The summed E-state index contributed by atoms with van der Waals surface area (Å²) in [5, 5.41) is 14.1. The molecule has 0 aliphatic rings. The summed E-state index contributed by atoms with van der Waals surface area (Å²) in [4.78, 5) is 0. The van der Waals surface area contributed by atoms with Gasteiger partial charge in [-0.05, 0) is 16.3 Å². The van der Waals surface area contributed by atoms with Crippen LogP contribution in [0.3, 0.4) is 0 Å². The molecule has 3 aromatic rings. The molecule has 0 bridgehead atoms. The molecule has 0 radical (unpaired) electrons. The Morgan fingerprint density at radius 1 is 0.842 bits per heavy atom. The normalized spacial score (nSPS) is 11.7. The smallest absolute Gasteiger partial charge is 0.0615 e. The van der Waals surface area contributed by atoms with Crippen LogP contribution in [0.15, 0.2) is 54.6 Å². The quantitative estimate of drug-likeness (QED) is 0.671. The van der Waals surface area contributed by atoms with Crippen LogP contribution < -0.4 is 0 Å². The van der Waals surface area contributed by atoms with Gasteiger partial charge in [-0.2, -0.15) is 0 Å². The number of aliphatic hydroxyl groups is 1. The second-order valence-corrected chi connectivity index (χ2v) is 4.78. The van der Waals surface area contributed by atoms with Gasteiger partial charge in [0, 0.05) is 10.8 Å². The molecular weight excluding hydrogens is 256 g/mol. The third-order valence-corrected chi connectivity index (χ3v) is 3.70. The molecule has 0 saturated carbocycles. The van der Waals surface area contributed by atoms with Crippen molar-refractivity contribution >= 4 is 39.2 Å². The van der Waals surface area contributed by atoms with Crippen LogP contribution in [0.4, 0.5) is 0 Å². The second-order valence-electron chi connectivity index (χ2n) is 4.40. The third-order valence-electron chi connectivity index (χ3n) is 3.30. The first-order valence-corrected chi connectivity index (χ1v) is 6.57. The summed E-state index contributed by atoms with van der Waals surface area (Å²) < 4.78 is 0. The molecule has 2 heteroatoms. The molecule has 0 atom stereocenters. The van der Waals surface area contributed by atoms with Crippen LogP contribution in [0.2, 0.25) is 5.02 Å². The van der Waals surface area contributed by atoms with E-state index in [2.05, 4.69) is 12.1 Å². The van der Waals surface area contributed by atoms with Gasteiger partial charge in [-0.1, -0.05) is 72.3 Å². The summed E-state index contributed by atoms with van der Waals surface area (Å²) in [6.45, 7) is 0.0330. The Labute approximate surface area is 116 Å². The van der Waals surface area contributed by atoms with Gasteiger partial charge in [-0.15, -0.1) is 0 Å². The molecular formula is C17H13ClO. The van der Waals surface area contributed by atoms with Crippen molar-refractivity contribution in [3.05, 3.63) is 65.2 Å². The maximum Gasteiger partial charge on any atom is 0.0615 e. The lowest BCUT2D eigenvalue weighted by molar-refractivity contribution is 0.343. The van der Waals surface area contributed by atoms with E-state index >= 15 is 0 Å². The summed E-state index contributed by atoms with van der Waals surface area (Å²) >= 11 is 6.51. The number of hydrogen-bond acceptors (Lipinski definition) is 1. The summed E-state index contributed by atoms with van der Waals surface area (Å²) in [7, 11) is 0. The van der Waals surface area contributed by atoms with E-state index in [9.17, 15) is 0 Å². The van der Waals surface area contributed by atoms with Gasteiger partial charge in [0.05, 0.1) is 11.6 Å². The van der Waals surface area contributed by atoms with Crippen LogP contribution >= 0.6 is 11.6 Å². The summed E-state index contributed by atoms with van der Waals surface area (Å²) in [6, 6.07) is 16.2. The molecule has 0 unspecified atom stereocenters. The molecule has 0 aliphatic carbocycles. The van der Waals surface area contributed by atoms with Gasteiger partial charge in [-0.3, -0.25) is 0 Å². The molecule has 0 amide bonds. The van der Waals surface area contributed by atoms with Crippen LogP contribution in [0, 0.1) is 0 Å².